The van der Waals surface area contributed by atoms with Crippen molar-refractivity contribution in [2.75, 3.05) is 0 Å². The molecule has 3 aromatic heterocycles. The molecule has 0 radical (unpaired) electrons. The lowest BCUT2D eigenvalue weighted by Gasteiger charge is -2.10. The molecule has 108 valence electrons. The summed E-state index contributed by atoms with van der Waals surface area (Å²) in [5.41, 5.74) is 2.68. The van der Waals surface area contributed by atoms with Crippen molar-refractivity contribution in [2.24, 2.45) is 0 Å². The van der Waals surface area contributed by atoms with E-state index < -0.39 is 0 Å². The molecule has 0 aliphatic heterocycles. The van der Waals surface area contributed by atoms with Crippen molar-refractivity contribution in [3.8, 4) is 5.69 Å². The first-order valence-electron chi connectivity index (χ1n) is 7.21. The van der Waals surface area contributed by atoms with Gasteiger partial charge in [0, 0.05) is 18.1 Å². The van der Waals surface area contributed by atoms with Gasteiger partial charge in [0.15, 0.2) is 0 Å². The third-order valence-electron chi connectivity index (χ3n) is 3.85. The smallest absolute Gasteiger partial charge is 0.282 e. The van der Waals surface area contributed by atoms with Gasteiger partial charge in [0.1, 0.15) is 16.7 Å². The number of benzene rings is 1. The molecule has 0 unspecified atom stereocenters. The Morgan fingerprint density at radius 3 is 2.64 bits per heavy atom. The van der Waals surface area contributed by atoms with Crippen LogP contribution in [0.25, 0.3) is 27.8 Å². The molecule has 0 fully saturated rings. The molecule has 5 nitrogen and oxygen atoms in total. The minimum atomic E-state index is -0.0910. The van der Waals surface area contributed by atoms with Gasteiger partial charge in [-0.15, -0.1) is 0 Å². The average molecular weight is 290 g/mol. The molecule has 1 aromatic carbocycles. The summed E-state index contributed by atoms with van der Waals surface area (Å²) in [4.78, 5) is 21.9. The average Bonchev–Trinajstić information content (AvgIpc) is 3.01. The Morgan fingerprint density at radius 1 is 1.05 bits per heavy atom. The quantitative estimate of drug-likeness (QED) is 0.570. The monoisotopic (exact) mass is 290 g/mol. The van der Waals surface area contributed by atoms with Gasteiger partial charge in [-0.2, -0.15) is 0 Å². The normalized spacial score (nSPS) is 11.3. The Hall–Kier alpha value is -2.95. The third kappa shape index (κ3) is 1.69. The van der Waals surface area contributed by atoms with Gasteiger partial charge in [0.25, 0.3) is 5.56 Å². The SMILES string of the molecule is CCn1cnc2c3cccnc3n(-c3ccccc3)c(=O)c21. The minimum absolute atomic E-state index is 0.0910. The minimum Gasteiger partial charge on any atom is -0.326 e. The number of hydrogen-bond donors (Lipinski definition) is 0. The fraction of sp³-hybridized carbons (Fsp3) is 0.118. The molecule has 0 saturated heterocycles. The first-order valence-corrected chi connectivity index (χ1v) is 7.21. The molecular weight excluding hydrogens is 276 g/mol. The first-order chi connectivity index (χ1) is 10.8. The molecule has 0 aliphatic rings. The number of aryl methyl sites for hydroxylation is 1. The second-order valence-corrected chi connectivity index (χ2v) is 5.08. The van der Waals surface area contributed by atoms with E-state index in [0.717, 1.165) is 11.1 Å². The van der Waals surface area contributed by atoms with Crippen LogP contribution in [0.15, 0.2) is 59.8 Å². The van der Waals surface area contributed by atoms with E-state index in [4.69, 9.17) is 0 Å². The topological polar surface area (TPSA) is 52.7 Å². The largest absolute Gasteiger partial charge is 0.326 e. The lowest BCUT2D eigenvalue weighted by Crippen LogP contribution is -2.21. The summed E-state index contributed by atoms with van der Waals surface area (Å²) in [6.07, 6.45) is 3.41. The van der Waals surface area contributed by atoms with Gasteiger partial charge in [-0.3, -0.25) is 9.36 Å². The number of aromatic nitrogens is 4. The predicted octanol–water partition coefficient (Wildman–Crippen LogP) is 2.76. The summed E-state index contributed by atoms with van der Waals surface area (Å²) < 4.78 is 3.54. The number of fused-ring (bicyclic) bond motifs is 3. The highest BCUT2D eigenvalue weighted by Gasteiger charge is 2.16. The van der Waals surface area contributed by atoms with Gasteiger partial charge < -0.3 is 4.57 Å². The van der Waals surface area contributed by atoms with Crippen LogP contribution in [0.4, 0.5) is 0 Å². The molecule has 5 heteroatoms. The van der Waals surface area contributed by atoms with E-state index in [2.05, 4.69) is 9.97 Å². The van der Waals surface area contributed by atoms with Crippen LogP contribution in [-0.2, 0) is 6.54 Å². The molecule has 4 aromatic rings. The summed E-state index contributed by atoms with van der Waals surface area (Å²) in [7, 11) is 0. The Morgan fingerprint density at radius 2 is 1.86 bits per heavy atom. The van der Waals surface area contributed by atoms with Crippen molar-refractivity contribution in [1.29, 1.82) is 0 Å². The van der Waals surface area contributed by atoms with Crippen molar-refractivity contribution in [1.82, 2.24) is 19.1 Å². The molecule has 0 bridgehead atoms. The van der Waals surface area contributed by atoms with Crippen molar-refractivity contribution < 1.29 is 0 Å². The zero-order valence-electron chi connectivity index (χ0n) is 12.1. The zero-order valence-corrected chi connectivity index (χ0v) is 12.1. The lowest BCUT2D eigenvalue weighted by molar-refractivity contribution is 0.780. The van der Waals surface area contributed by atoms with E-state index in [0.29, 0.717) is 23.2 Å². The van der Waals surface area contributed by atoms with Crippen LogP contribution < -0.4 is 5.56 Å². The summed E-state index contributed by atoms with van der Waals surface area (Å²) in [5.74, 6) is 0. The van der Waals surface area contributed by atoms with Crippen LogP contribution in [-0.4, -0.2) is 19.1 Å². The Balaban J connectivity index is 2.27. The van der Waals surface area contributed by atoms with Crippen molar-refractivity contribution in [2.45, 2.75) is 13.5 Å². The van der Waals surface area contributed by atoms with Crippen molar-refractivity contribution in [3.63, 3.8) is 0 Å². The Kier molecular flexibility index (Phi) is 2.79. The zero-order chi connectivity index (χ0) is 15.1. The van der Waals surface area contributed by atoms with Crippen LogP contribution in [0.5, 0.6) is 0 Å². The second kappa shape index (κ2) is 4.80. The Bertz CT molecular complexity index is 1030. The molecule has 0 aliphatic carbocycles. The van der Waals surface area contributed by atoms with E-state index >= 15 is 0 Å². The van der Waals surface area contributed by atoms with Gasteiger partial charge in [-0.25, -0.2) is 9.97 Å². The van der Waals surface area contributed by atoms with E-state index in [1.165, 1.54) is 0 Å². The maximum Gasteiger partial charge on any atom is 0.282 e. The highest BCUT2D eigenvalue weighted by atomic mass is 16.1. The first kappa shape index (κ1) is 12.8. The number of rotatable bonds is 2. The van der Waals surface area contributed by atoms with E-state index in [1.54, 1.807) is 17.1 Å². The van der Waals surface area contributed by atoms with E-state index in [-0.39, 0.29) is 5.56 Å². The fourth-order valence-electron chi connectivity index (χ4n) is 2.82. The van der Waals surface area contributed by atoms with Crippen LogP contribution in [0, 0.1) is 0 Å². The highest BCUT2D eigenvalue weighted by Crippen LogP contribution is 2.22. The number of para-hydroxylation sites is 1. The molecule has 22 heavy (non-hydrogen) atoms. The molecule has 0 saturated carbocycles. The van der Waals surface area contributed by atoms with Crippen molar-refractivity contribution >= 4 is 22.1 Å². The van der Waals surface area contributed by atoms with Crippen LogP contribution >= 0.6 is 0 Å². The molecule has 4 rings (SSSR count). The van der Waals surface area contributed by atoms with Gasteiger partial charge >= 0.3 is 0 Å². The van der Waals surface area contributed by atoms with Gasteiger partial charge in [0.2, 0.25) is 0 Å². The standard InChI is InChI=1S/C17H14N4O/c1-2-20-11-19-14-13-9-6-10-18-16(13)21(17(22)15(14)20)12-7-4-3-5-8-12/h3-11H,2H2,1H3. The Labute approximate surface area is 126 Å². The maximum absolute atomic E-state index is 13.0. The molecule has 0 N–H and O–H groups in total. The summed E-state index contributed by atoms with van der Waals surface area (Å²) in [5, 5.41) is 0.883. The molecule has 3 heterocycles. The van der Waals surface area contributed by atoms with Gasteiger partial charge in [-0.05, 0) is 31.2 Å². The maximum atomic E-state index is 13.0. The summed E-state index contributed by atoms with van der Waals surface area (Å²) in [6.45, 7) is 2.70. The van der Waals surface area contributed by atoms with Gasteiger partial charge in [-0.1, -0.05) is 18.2 Å². The second-order valence-electron chi connectivity index (χ2n) is 5.08. The number of pyridine rings is 2. The number of imidazole rings is 1. The fourth-order valence-corrected chi connectivity index (χ4v) is 2.82. The third-order valence-corrected chi connectivity index (χ3v) is 3.85. The molecule has 0 spiro atoms. The summed E-state index contributed by atoms with van der Waals surface area (Å²) >= 11 is 0. The van der Waals surface area contributed by atoms with Crippen LogP contribution in [0.3, 0.4) is 0 Å². The van der Waals surface area contributed by atoms with E-state index in [1.807, 2.05) is 54.0 Å². The lowest BCUT2D eigenvalue weighted by atomic mass is 10.2. The number of hydrogen-bond acceptors (Lipinski definition) is 3. The predicted molar refractivity (Wildman–Crippen MR) is 86.3 cm³/mol. The van der Waals surface area contributed by atoms with Crippen LogP contribution in [0.2, 0.25) is 0 Å². The molecule has 0 amide bonds. The van der Waals surface area contributed by atoms with Crippen molar-refractivity contribution in [3.05, 3.63) is 65.3 Å². The van der Waals surface area contributed by atoms with Crippen LogP contribution in [0.1, 0.15) is 6.92 Å². The highest BCUT2D eigenvalue weighted by molar-refractivity contribution is 6.01. The summed E-state index contributed by atoms with van der Waals surface area (Å²) in [6, 6.07) is 13.4. The molecule has 0 atom stereocenters. The number of nitrogens with zero attached hydrogens (tertiary/aromatic N) is 4. The molecular formula is C17H14N4O. The van der Waals surface area contributed by atoms with Gasteiger partial charge in [0.05, 0.1) is 12.0 Å². The van der Waals surface area contributed by atoms with E-state index in [9.17, 15) is 4.79 Å².